The highest BCUT2D eigenvalue weighted by atomic mass is 16.5. The number of amides is 2. The first-order valence-electron chi connectivity index (χ1n) is 10.2. The maximum Gasteiger partial charge on any atom is 0.321 e. The molecule has 0 saturated carbocycles. The summed E-state index contributed by atoms with van der Waals surface area (Å²) in [5, 5.41) is 10.0. The van der Waals surface area contributed by atoms with Crippen LogP contribution in [0.1, 0.15) is 17.5 Å². The minimum atomic E-state index is -0.469. The van der Waals surface area contributed by atoms with E-state index in [-0.39, 0.29) is 6.03 Å². The number of carbonyl (C=O) groups excluding carboxylic acids is 1. The predicted octanol–water partition coefficient (Wildman–Crippen LogP) is 3.26. The van der Waals surface area contributed by atoms with Gasteiger partial charge >= 0.3 is 6.03 Å². The molecule has 4 rings (SSSR count). The first kappa shape index (κ1) is 20.2. The summed E-state index contributed by atoms with van der Waals surface area (Å²) in [5.74, 6) is 1.55. The van der Waals surface area contributed by atoms with E-state index < -0.39 is 5.54 Å². The molecule has 1 aromatic carbocycles. The van der Waals surface area contributed by atoms with Crippen molar-refractivity contribution in [2.24, 2.45) is 4.99 Å². The van der Waals surface area contributed by atoms with Gasteiger partial charge in [0.15, 0.2) is 5.82 Å². The monoisotopic (exact) mass is 408 g/mol. The van der Waals surface area contributed by atoms with Crippen LogP contribution < -0.4 is 16.0 Å². The third-order valence-electron chi connectivity index (χ3n) is 5.62. The SMILES string of the molecule is COCCN=C1Nc2ncccc2NC12CCN(C(=O)Nc1ccc(C)cc1C)C2. The highest BCUT2D eigenvalue weighted by molar-refractivity contribution is 6.09. The number of aromatic nitrogens is 1. The van der Waals surface area contributed by atoms with Gasteiger partial charge in [0.1, 0.15) is 11.4 Å². The summed E-state index contributed by atoms with van der Waals surface area (Å²) in [7, 11) is 1.66. The number of nitrogens with zero attached hydrogens (tertiary/aromatic N) is 3. The van der Waals surface area contributed by atoms with Gasteiger partial charge in [-0.15, -0.1) is 0 Å². The minimum absolute atomic E-state index is 0.103. The molecule has 1 fully saturated rings. The van der Waals surface area contributed by atoms with Crippen molar-refractivity contribution in [2.45, 2.75) is 25.8 Å². The Bertz CT molecular complexity index is 976. The number of benzene rings is 1. The van der Waals surface area contributed by atoms with E-state index in [1.165, 1.54) is 5.56 Å². The number of rotatable bonds is 4. The molecule has 158 valence electrons. The fourth-order valence-corrected chi connectivity index (χ4v) is 4.02. The molecule has 1 saturated heterocycles. The van der Waals surface area contributed by atoms with Gasteiger partial charge in [-0.3, -0.25) is 4.99 Å². The molecule has 1 unspecified atom stereocenters. The summed E-state index contributed by atoms with van der Waals surface area (Å²) in [4.78, 5) is 23.9. The number of aryl methyl sites for hydroxylation is 2. The molecule has 0 radical (unpaired) electrons. The molecule has 2 aliphatic heterocycles. The molecule has 3 N–H and O–H groups in total. The van der Waals surface area contributed by atoms with Gasteiger partial charge in [-0.1, -0.05) is 17.7 Å². The van der Waals surface area contributed by atoms with Crippen molar-refractivity contribution in [1.29, 1.82) is 0 Å². The Morgan fingerprint density at radius 1 is 1.37 bits per heavy atom. The molecular formula is C22H28N6O2. The number of carbonyl (C=O) groups is 1. The van der Waals surface area contributed by atoms with Gasteiger partial charge in [0, 0.05) is 25.5 Å². The summed E-state index contributed by atoms with van der Waals surface area (Å²) >= 11 is 0. The second-order valence-electron chi connectivity index (χ2n) is 7.87. The first-order chi connectivity index (χ1) is 14.5. The second-order valence-corrected chi connectivity index (χ2v) is 7.87. The van der Waals surface area contributed by atoms with Crippen LogP contribution in [0.4, 0.5) is 22.0 Å². The summed E-state index contributed by atoms with van der Waals surface area (Å²) in [6.45, 7) is 6.26. The van der Waals surface area contributed by atoms with E-state index >= 15 is 0 Å². The molecular weight excluding hydrogens is 380 g/mol. The Morgan fingerprint density at radius 3 is 3.03 bits per heavy atom. The van der Waals surface area contributed by atoms with E-state index in [4.69, 9.17) is 9.73 Å². The quantitative estimate of drug-likeness (QED) is 0.676. The topological polar surface area (TPSA) is 90.9 Å². The number of aliphatic imine (C=N–C) groups is 1. The largest absolute Gasteiger partial charge is 0.383 e. The van der Waals surface area contributed by atoms with E-state index in [1.54, 1.807) is 13.3 Å². The van der Waals surface area contributed by atoms with Gasteiger partial charge in [-0.25, -0.2) is 9.78 Å². The summed E-state index contributed by atoms with van der Waals surface area (Å²) < 4.78 is 5.15. The number of pyridine rings is 1. The van der Waals surface area contributed by atoms with Crippen LogP contribution >= 0.6 is 0 Å². The molecule has 0 bridgehead atoms. The van der Waals surface area contributed by atoms with Gasteiger partial charge < -0.3 is 25.6 Å². The normalized spacial score (nSPS) is 21.3. The van der Waals surface area contributed by atoms with Gasteiger partial charge in [0.25, 0.3) is 0 Å². The van der Waals surface area contributed by atoms with Gasteiger partial charge in [-0.05, 0) is 44.0 Å². The first-order valence-corrected chi connectivity index (χ1v) is 10.2. The second kappa shape index (κ2) is 8.31. The fraction of sp³-hybridized carbons (Fsp3) is 0.409. The molecule has 0 aliphatic carbocycles. The number of methoxy groups -OCH3 is 1. The van der Waals surface area contributed by atoms with E-state index in [0.717, 1.165) is 35.0 Å². The highest BCUT2D eigenvalue weighted by Gasteiger charge is 2.47. The molecule has 2 aliphatic rings. The maximum absolute atomic E-state index is 13.0. The number of likely N-dealkylation sites (tertiary alicyclic amines) is 1. The molecule has 1 atom stereocenters. The smallest absolute Gasteiger partial charge is 0.321 e. The average molecular weight is 409 g/mol. The van der Waals surface area contributed by atoms with Crippen molar-refractivity contribution < 1.29 is 9.53 Å². The van der Waals surface area contributed by atoms with Crippen molar-refractivity contribution in [1.82, 2.24) is 9.88 Å². The van der Waals surface area contributed by atoms with Crippen molar-refractivity contribution >= 4 is 29.1 Å². The Hall–Kier alpha value is -3.13. The number of nitrogens with one attached hydrogen (secondary N) is 3. The Labute approximate surface area is 176 Å². The third-order valence-corrected chi connectivity index (χ3v) is 5.62. The van der Waals surface area contributed by atoms with E-state index in [1.807, 2.05) is 43.0 Å². The van der Waals surface area contributed by atoms with Gasteiger partial charge in [0.2, 0.25) is 0 Å². The van der Waals surface area contributed by atoms with Crippen molar-refractivity contribution in [3.8, 4) is 0 Å². The van der Waals surface area contributed by atoms with Crippen molar-refractivity contribution in [3.63, 3.8) is 0 Å². The molecule has 2 aromatic rings. The van der Waals surface area contributed by atoms with Crippen LogP contribution in [0.3, 0.4) is 0 Å². The summed E-state index contributed by atoms with van der Waals surface area (Å²) in [6, 6.07) is 9.81. The van der Waals surface area contributed by atoms with Crippen LogP contribution in [-0.2, 0) is 4.74 Å². The number of hydrogen-bond acceptors (Lipinski definition) is 5. The Balaban J connectivity index is 1.54. The van der Waals surface area contributed by atoms with Crippen LogP contribution in [0.5, 0.6) is 0 Å². The predicted molar refractivity (Wildman–Crippen MR) is 120 cm³/mol. The molecule has 1 spiro atoms. The zero-order valence-corrected chi connectivity index (χ0v) is 17.7. The Morgan fingerprint density at radius 2 is 2.23 bits per heavy atom. The molecule has 2 amide bonds. The fourth-order valence-electron chi connectivity index (χ4n) is 4.02. The zero-order valence-electron chi connectivity index (χ0n) is 17.7. The third kappa shape index (κ3) is 3.95. The van der Waals surface area contributed by atoms with Crippen molar-refractivity contribution in [2.75, 3.05) is 49.3 Å². The number of urea groups is 1. The van der Waals surface area contributed by atoms with E-state index in [2.05, 4.69) is 27.0 Å². The van der Waals surface area contributed by atoms with Crippen LogP contribution in [0, 0.1) is 13.8 Å². The number of hydrogen-bond donors (Lipinski definition) is 3. The van der Waals surface area contributed by atoms with E-state index in [9.17, 15) is 4.79 Å². The standard InChI is InChI=1S/C22H28N6O2/c1-15-6-7-17(16(2)13-15)25-21(29)28-11-8-22(14-28)20(24-10-12-30-3)26-19-18(27-22)5-4-9-23-19/h4-7,9,13,27H,8,10-12,14H2,1-3H3,(H,25,29)(H,23,24,26). The lowest BCUT2D eigenvalue weighted by Crippen LogP contribution is -2.55. The van der Waals surface area contributed by atoms with Gasteiger partial charge in [-0.2, -0.15) is 0 Å². The molecule has 30 heavy (non-hydrogen) atoms. The lowest BCUT2D eigenvalue weighted by Gasteiger charge is -2.38. The van der Waals surface area contributed by atoms with Crippen LogP contribution in [0.2, 0.25) is 0 Å². The summed E-state index contributed by atoms with van der Waals surface area (Å²) in [6.07, 6.45) is 2.50. The lowest BCUT2D eigenvalue weighted by molar-refractivity contribution is 0.208. The highest BCUT2D eigenvalue weighted by Crippen LogP contribution is 2.35. The average Bonchev–Trinajstić information content (AvgIpc) is 3.15. The maximum atomic E-state index is 13.0. The minimum Gasteiger partial charge on any atom is -0.383 e. The van der Waals surface area contributed by atoms with Crippen LogP contribution in [0.25, 0.3) is 0 Å². The van der Waals surface area contributed by atoms with Crippen LogP contribution in [0.15, 0.2) is 41.5 Å². The van der Waals surface area contributed by atoms with Crippen molar-refractivity contribution in [3.05, 3.63) is 47.7 Å². The number of anilines is 3. The lowest BCUT2D eigenvalue weighted by atomic mass is 9.94. The molecule has 1 aromatic heterocycles. The summed E-state index contributed by atoms with van der Waals surface area (Å²) in [5.41, 5.74) is 3.51. The van der Waals surface area contributed by atoms with E-state index in [0.29, 0.717) is 26.2 Å². The molecule has 8 nitrogen and oxygen atoms in total. The van der Waals surface area contributed by atoms with Crippen LogP contribution in [-0.4, -0.2) is 60.6 Å². The van der Waals surface area contributed by atoms with Gasteiger partial charge in [0.05, 0.1) is 25.4 Å². The number of ether oxygens (including phenoxy) is 1. The number of fused-ring (bicyclic) bond motifs is 1. The Kier molecular flexibility index (Phi) is 5.59. The molecule has 3 heterocycles. The zero-order chi connectivity index (χ0) is 21.1. The molecule has 8 heteroatoms. The number of amidine groups is 1.